The first-order valence-corrected chi connectivity index (χ1v) is 14.9. The van der Waals surface area contributed by atoms with Crippen LogP contribution in [0.3, 0.4) is 0 Å². The predicted octanol–water partition coefficient (Wildman–Crippen LogP) is 5.24. The highest BCUT2D eigenvalue weighted by molar-refractivity contribution is 5.94. The molecule has 1 spiro atoms. The van der Waals surface area contributed by atoms with E-state index in [0.717, 1.165) is 38.8 Å². The Morgan fingerprint density at radius 1 is 0.900 bits per heavy atom. The molecule has 0 N–H and O–H groups in total. The molecule has 0 unspecified atom stereocenters. The van der Waals surface area contributed by atoms with Crippen molar-refractivity contribution in [1.29, 1.82) is 0 Å². The summed E-state index contributed by atoms with van der Waals surface area (Å²) in [7, 11) is 0. The first kappa shape index (κ1) is 26.3. The maximum Gasteiger partial charge on any atom is 0.253 e. The van der Waals surface area contributed by atoms with Crippen LogP contribution in [0.25, 0.3) is 0 Å². The number of nitrogens with zero attached hydrogens (tertiary/aromatic N) is 2. The van der Waals surface area contributed by atoms with Crippen molar-refractivity contribution in [2.75, 3.05) is 31.1 Å². The highest BCUT2D eigenvalue weighted by atomic mass is 17.3. The highest BCUT2D eigenvalue weighted by Crippen LogP contribution is 2.60. The van der Waals surface area contributed by atoms with Gasteiger partial charge in [0.15, 0.2) is 11.9 Å². The van der Waals surface area contributed by atoms with E-state index in [9.17, 15) is 4.79 Å². The van der Waals surface area contributed by atoms with E-state index in [2.05, 4.69) is 43.0 Å². The maximum absolute atomic E-state index is 13.2. The molecular formula is C32H40N2O6. The van der Waals surface area contributed by atoms with Gasteiger partial charge in [0.25, 0.3) is 5.91 Å². The van der Waals surface area contributed by atoms with Crippen LogP contribution >= 0.6 is 0 Å². The summed E-state index contributed by atoms with van der Waals surface area (Å²) >= 11 is 0. The summed E-state index contributed by atoms with van der Waals surface area (Å²) < 4.78 is 19.4. The number of carbonyl (C=O) groups excluding carboxylic acids is 1. The van der Waals surface area contributed by atoms with Crippen LogP contribution in [-0.2, 0) is 19.2 Å². The van der Waals surface area contributed by atoms with E-state index in [0.29, 0.717) is 36.2 Å². The molecule has 0 aromatic heterocycles. The summed E-state index contributed by atoms with van der Waals surface area (Å²) in [6, 6.07) is 17.8. The van der Waals surface area contributed by atoms with Gasteiger partial charge in [0.05, 0.1) is 0 Å². The lowest BCUT2D eigenvalue weighted by Crippen LogP contribution is -2.70. The smallest absolute Gasteiger partial charge is 0.253 e. The third-order valence-corrected chi connectivity index (χ3v) is 10.1. The van der Waals surface area contributed by atoms with Crippen LogP contribution in [0.5, 0.6) is 5.75 Å². The van der Waals surface area contributed by atoms with E-state index in [4.69, 9.17) is 24.0 Å². The Labute approximate surface area is 236 Å². The quantitative estimate of drug-likeness (QED) is 0.484. The SMILES string of the molecule is C[C@H]1[C@@H](Oc2ccc(C(=O)N3CCN(c4ccccc4)CC3)cc2)O[C@@H]2O[C@@]3(C)CC[C@H]4[C@H](C)CC[C@@H]1[C@@]24OO3. The Hall–Kier alpha value is -2.65. The van der Waals surface area contributed by atoms with Gasteiger partial charge in [0.1, 0.15) is 5.75 Å². The molecule has 8 heteroatoms. The molecule has 1 aliphatic carbocycles. The fraction of sp³-hybridized carbons (Fsp3) is 0.594. The monoisotopic (exact) mass is 548 g/mol. The summed E-state index contributed by atoms with van der Waals surface area (Å²) in [6.07, 6.45) is 2.94. The number of carbonyl (C=O) groups is 1. The molecule has 6 fully saturated rings. The van der Waals surface area contributed by atoms with E-state index in [-0.39, 0.29) is 17.7 Å². The number of hydrogen-bond donors (Lipinski definition) is 0. The lowest BCUT2D eigenvalue weighted by molar-refractivity contribution is -0.575. The van der Waals surface area contributed by atoms with Gasteiger partial charge in [-0.3, -0.25) is 4.79 Å². The summed E-state index contributed by atoms with van der Waals surface area (Å²) in [6.45, 7) is 9.49. The van der Waals surface area contributed by atoms with Gasteiger partial charge in [-0.05, 0) is 74.4 Å². The Morgan fingerprint density at radius 2 is 1.65 bits per heavy atom. The van der Waals surface area contributed by atoms with Gasteiger partial charge in [-0.15, -0.1) is 0 Å². The largest absolute Gasteiger partial charge is 0.465 e. The number of amides is 1. The average Bonchev–Trinajstić information content (AvgIpc) is 3.22. The molecule has 1 saturated carbocycles. The Morgan fingerprint density at radius 3 is 2.40 bits per heavy atom. The lowest BCUT2D eigenvalue weighted by atomic mass is 9.58. The van der Waals surface area contributed by atoms with E-state index in [1.54, 1.807) is 0 Å². The number of rotatable bonds is 4. The van der Waals surface area contributed by atoms with Gasteiger partial charge < -0.3 is 24.0 Å². The molecular weight excluding hydrogens is 508 g/mol. The molecule has 40 heavy (non-hydrogen) atoms. The van der Waals surface area contributed by atoms with Crippen LogP contribution in [0.1, 0.15) is 56.8 Å². The molecule has 2 aromatic rings. The zero-order chi connectivity index (χ0) is 27.5. The summed E-state index contributed by atoms with van der Waals surface area (Å²) in [5.74, 6) is 1.06. The summed E-state index contributed by atoms with van der Waals surface area (Å²) in [5.41, 5.74) is 1.27. The molecule has 6 aliphatic rings. The molecule has 5 aliphatic heterocycles. The Balaban J connectivity index is 1.02. The minimum atomic E-state index is -0.808. The van der Waals surface area contributed by atoms with E-state index in [1.807, 2.05) is 42.2 Å². The van der Waals surface area contributed by atoms with Gasteiger partial charge >= 0.3 is 0 Å². The van der Waals surface area contributed by atoms with Crippen molar-refractivity contribution in [3.05, 3.63) is 60.2 Å². The van der Waals surface area contributed by atoms with Crippen molar-refractivity contribution in [1.82, 2.24) is 4.90 Å². The van der Waals surface area contributed by atoms with Crippen molar-refractivity contribution in [3.63, 3.8) is 0 Å². The normalized spacial score (nSPS) is 38.9. The second-order valence-corrected chi connectivity index (χ2v) is 12.5. The molecule has 5 heterocycles. The van der Waals surface area contributed by atoms with Crippen LogP contribution in [0.15, 0.2) is 54.6 Å². The third kappa shape index (κ3) is 4.31. The van der Waals surface area contributed by atoms with Crippen LogP contribution in [0.2, 0.25) is 0 Å². The van der Waals surface area contributed by atoms with Crippen LogP contribution in [0, 0.1) is 23.7 Å². The number of para-hydroxylation sites is 1. The standard InChI is InChI=1S/C32H40N2O6/c1-21-9-14-27-22(2)29(37-30-32(27)26(21)15-16-31(3,38-30)39-40-32)36-25-12-10-23(11-13-25)28(35)34-19-17-33(18-20-34)24-7-5-4-6-8-24/h4-8,10-13,21-22,26-27,29-30H,9,14-20H2,1-3H3/t21-,22-,26+,27+,29+,30-,31-,32-/m1/s1. The molecule has 214 valence electrons. The molecule has 2 aromatic carbocycles. The van der Waals surface area contributed by atoms with Crippen molar-refractivity contribution < 1.29 is 28.8 Å². The number of hydrogen-bond acceptors (Lipinski definition) is 7. The topological polar surface area (TPSA) is 69.7 Å². The van der Waals surface area contributed by atoms with Gasteiger partial charge in [-0.2, -0.15) is 0 Å². The lowest BCUT2D eigenvalue weighted by Gasteiger charge is -2.60. The zero-order valence-electron chi connectivity index (χ0n) is 23.7. The second-order valence-electron chi connectivity index (χ2n) is 12.5. The zero-order valence-corrected chi connectivity index (χ0v) is 23.7. The number of ether oxygens (including phenoxy) is 3. The van der Waals surface area contributed by atoms with E-state index < -0.39 is 24.0 Å². The number of piperazine rings is 1. The van der Waals surface area contributed by atoms with Crippen molar-refractivity contribution in [2.24, 2.45) is 23.7 Å². The van der Waals surface area contributed by atoms with Crippen LogP contribution in [0.4, 0.5) is 5.69 Å². The first-order chi connectivity index (χ1) is 19.4. The molecule has 8 rings (SSSR count). The third-order valence-electron chi connectivity index (χ3n) is 10.1. The van der Waals surface area contributed by atoms with Crippen molar-refractivity contribution in [2.45, 2.75) is 70.4 Å². The molecule has 5 saturated heterocycles. The van der Waals surface area contributed by atoms with E-state index in [1.165, 1.54) is 5.69 Å². The number of benzene rings is 2. The fourth-order valence-electron chi connectivity index (χ4n) is 7.81. The second kappa shape index (κ2) is 10.0. The number of anilines is 1. The fourth-order valence-corrected chi connectivity index (χ4v) is 7.81. The minimum Gasteiger partial charge on any atom is -0.465 e. The molecule has 2 bridgehead atoms. The van der Waals surface area contributed by atoms with Crippen LogP contribution < -0.4 is 9.64 Å². The summed E-state index contributed by atoms with van der Waals surface area (Å²) in [5, 5.41) is 0. The Kier molecular flexibility index (Phi) is 6.57. The van der Waals surface area contributed by atoms with Crippen molar-refractivity contribution in [3.8, 4) is 5.75 Å². The van der Waals surface area contributed by atoms with Crippen molar-refractivity contribution >= 4 is 11.6 Å². The molecule has 1 amide bonds. The minimum absolute atomic E-state index is 0.0547. The molecule has 0 radical (unpaired) electrons. The molecule has 8 nitrogen and oxygen atoms in total. The van der Waals surface area contributed by atoms with Gasteiger partial charge in [0.2, 0.25) is 12.1 Å². The number of fused-ring (bicyclic) bond motifs is 2. The predicted molar refractivity (Wildman–Crippen MR) is 148 cm³/mol. The Bertz CT molecular complexity index is 1220. The molecule has 8 atom stereocenters. The van der Waals surface area contributed by atoms with Gasteiger partial charge in [-0.1, -0.05) is 32.0 Å². The average molecular weight is 549 g/mol. The van der Waals surface area contributed by atoms with Gasteiger partial charge in [0, 0.05) is 55.7 Å². The summed E-state index contributed by atoms with van der Waals surface area (Å²) in [4.78, 5) is 29.6. The van der Waals surface area contributed by atoms with E-state index >= 15 is 0 Å². The first-order valence-electron chi connectivity index (χ1n) is 14.9. The maximum atomic E-state index is 13.2. The highest BCUT2D eigenvalue weighted by Gasteiger charge is 2.69. The van der Waals surface area contributed by atoms with Gasteiger partial charge in [-0.25, -0.2) is 9.78 Å². The van der Waals surface area contributed by atoms with Crippen LogP contribution in [-0.4, -0.2) is 61.0 Å².